The Labute approximate surface area is 119 Å². The van der Waals surface area contributed by atoms with Crippen LogP contribution in [0.25, 0.3) is 0 Å². The van der Waals surface area contributed by atoms with Crippen molar-refractivity contribution in [3.05, 3.63) is 18.2 Å². The number of rotatable bonds is 8. The van der Waals surface area contributed by atoms with Gasteiger partial charge in [-0.3, -0.25) is 4.79 Å². The third-order valence-electron chi connectivity index (χ3n) is 2.38. The van der Waals surface area contributed by atoms with E-state index in [4.69, 9.17) is 15.2 Å². The standard InChI is InChI=1S/C14H23N3O3/c1-10(2)20-13-7-11(15)6-12(8-13)17-9-14(18)16-4-5-19-3/h6-8,10,17H,4-5,9,15H2,1-3H3,(H,16,18). The van der Waals surface area contributed by atoms with Gasteiger partial charge in [0.2, 0.25) is 5.91 Å². The van der Waals surface area contributed by atoms with Crippen LogP contribution in [0.2, 0.25) is 0 Å². The molecule has 4 N–H and O–H groups in total. The zero-order valence-electron chi connectivity index (χ0n) is 12.2. The molecule has 0 atom stereocenters. The van der Waals surface area contributed by atoms with E-state index >= 15 is 0 Å². The highest BCUT2D eigenvalue weighted by molar-refractivity contribution is 5.81. The lowest BCUT2D eigenvalue weighted by molar-refractivity contribution is -0.119. The van der Waals surface area contributed by atoms with Crippen molar-refractivity contribution >= 4 is 17.3 Å². The molecule has 0 aromatic heterocycles. The number of methoxy groups -OCH3 is 1. The number of nitrogen functional groups attached to an aromatic ring is 1. The minimum absolute atomic E-state index is 0.0713. The van der Waals surface area contributed by atoms with Crippen LogP contribution in [-0.4, -0.2) is 38.8 Å². The van der Waals surface area contributed by atoms with E-state index in [2.05, 4.69) is 10.6 Å². The van der Waals surface area contributed by atoms with Gasteiger partial charge in [-0.1, -0.05) is 0 Å². The van der Waals surface area contributed by atoms with E-state index in [0.29, 0.717) is 24.6 Å². The third-order valence-corrected chi connectivity index (χ3v) is 2.38. The van der Waals surface area contributed by atoms with Crippen molar-refractivity contribution in [3.8, 4) is 5.75 Å². The molecule has 0 aliphatic heterocycles. The Balaban J connectivity index is 2.50. The first-order valence-corrected chi connectivity index (χ1v) is 6.58. The SMILES string of the molecule is COCCNC(=O)CNc1cc(N)cc(OC(C)C)c1. The predicted molar refractivity (Wildman–Crippen MR) is 80.0 cm³/mol. The molecule has 0 aliphatic carbocycles. The van der Waals surface area contributed by atoms with Crippen LogP contribution in [0.1, 0.15) is 13.8 Å². The zero-order valence-corrected chi connectivity index (χ0v) is 12.2. The van der Waals surface area contributed by atoms with Crippen molar-refractivity contribution in [2.24, 2.45) is 0 Å². The molecule has 20 heavy (non-hydrogen) atoms. The van der Waals surface area contributed by atoms with Crippen molar-refractivity contribution in [2.75, 3.05) is 37.9 Å². The molecule has 0 spiro atoms. The highest BCUT2D eigenvalue weighted by Crippen LogP contribution is 2.23. The summed E-state index contributed by atoms with van der Waals surface area (Å²) in [5.74, 6) is 0.582. The molecular formula is C14H23N3O3. The second-order valence-corrected chi connectivity index (χ2v) is 4.65. The Hall–Kier alpha value is -1.95. The number of carbonyl (C=O) groups is 1. The summed E-state index contributed by atoms with van der Waals surface area (Å²) in [6.07, 6.45) is 0.0713. The molecule has 0 fully saturated rings. The van der Waals surface area contributed by atoms with Gasteiger partial charge in [0.15, 0.2) is 0 Å². The van der Waals surface area contributed by atoms with Crippen molar-refractivity contribution in [1.82, 2.24) is 5.32 Å². The number of carbonyl (C=O) groups excluding carboxylic acids is 1. The fourth-order valence-electron chi connectivity index (χ4n) is 1.60. The Morgan fingerprint density at radius 2 is 2.10 bits per heavy atom. The molecule has 0 saturated carbocycles. The molecule has 112 valence electrons. The van der Waals surface area contributed by atoms with Crippen LogP contribution in [0.4, 0.5) is 11.4 Å². The van der Waals surface area contributed by atoms with Crippen LogP contribution >= 0.6 is 0 Å². The van der Waals surface area contributed by atoms with E-state index in [-0.39, 0.29) is 18.6 Å². The van der Waals surface area contributed by atoms with E-state index in [1.165, 1.54) is 0 Å². The summed E-state index contributed by atoms with van der Waals surface area (Å²) in [7, 11) is 1.59. The molecule has 6 nitrogen and oxygen atoms in total. The summed E-state index contributed by atoms with van der Waals surface area (Å²) in [5.41, 5.74) is 7.14. The maximum Gasteiger partial charge on any atom is 0.239 e. The van der Waals surface area contributed by atoms with Gasteiger partial charge in [-0.05, 0) is 19.9 Å². The van der Waals surface area contributed by atoms with E-state index in [1.807, 2.05) is 19.9 Å². The second kappa shape index (κ2) is 8.27. The summed E-state index contributed by atoms with van der Waals surface area (Å²) in [4.78, 5) is 11.5. The number of anilines is 2. The van der Waals surface area contributed by atoms with Gasteiger partial charge in [-0.2, -0.15) is 0 Å². The quantitative estimate of drug-likeness (QED) is 0.493. The van der Waals surface area contributed by atoms with Gasteiger partial charge >= 0.3 is 0 Å². The normalized spacial score (nSPS) is 10.4. The lowest BCUT2D eigenvalue weighted by Gasteiger charge is -2.13. The van der Waals surface area contributed by atoms with Gasteiger partial charge in [0.1, 0.15) is 5.75 Å². The topological polar surface area (TPSA) is 85.6 Å². The Bertz CT molecular complexity index is 436. The monoisotopic (exact) mass is 281 g/mol. The lowest BCUT2D eigenvalue weighted by Crippen LogP contribution is -2.32. The third kappa shape index (κ3) is 6.29. The van der Waals surface area contributed by atoms with Crippen molar-refractivity contribution in [3.63, 3.8) is 0 Å². The maximum atomic E-state index is 11.5. The fraction of sp³-hybridized carbons (Fsp3) is 0.500. The minimum atomic E-state index is -0.101. The van der Waals surface area contributed by atoms with Crippen molar-refractivity contribution in [1.29, 1.82) is 0 Å². The summed E-state index contributed by atoms with van der Waals surface area (Å²) < 4.78 is 10.4. The largest absolute Gasteiger partial charge is 0.491 e. The van der Waals surface area contributed by atoms with Crippen molar-refractivity contribution < 1.29 is 14.3 Å². The molecule has 1 aromatic rings. The Kier molecular flexibility index (Phi) is 6.66. The summed E-state index contributed by atoms with van der Waals surface area (Å²) in [6, 6.07) is 5.33. The Morgan fingerprint density at radius 1 is 1.35 bits per heavy atom. The highest BCUT2D eigenvalue weighted by atomic mass is 16.5. The van der Waals surface area contributed by atoms with E-state index < -0.39 is 0 Å². The van der Waals surface area contributed by atoms with Gasteiger partial charge in [0.05, 0.1) is 19.3 Å². The van der Waals surface area contributed by atoms with E-state index in [9.17, 15) is 4.79 Å². The fourth-order valence-corrected chi connectivity index (χ4v) is 1.60. The zero-order chi connectivity index (χ0) is 15.0. The van der Waals surface area contributed by atoms with Crippen LogP contribution < -0.4 is 21.1 Å². The van der Waals surface area contributed by atoms with Crippen LogP contribution in [0.5, 0.6) is 5.75 Å². The molecule has 1 rings (SSSR count). The molecule has 1 amide bonds. The highest BCUT2D eigenvalue weighted by Gasteiger charge is 2.04. The smallest absolute Gasteiger partial charge is 0.239 e. The molecule has 0 aliphatic rings. The molecule has 6 heteroatoms. The number of benzene rings is 1. The first kappa shape index (κ1) is 16.1. The molecular weight excluding hydrogens is 258 g/mol. The number of nitrogens with one attached hydrogen (secondary N) is 2. The number of hydrogen-bond acceptors (Lipinski definition) is 5. The summed E-state index contributed by atoms with van der Waals surface area (Å²) in [6.45, 7) is 5.05. The molecule has 0 saturated heterocycles. The molecule has 0 radical (unpaired) electrons. The second-order valence-electron chi connectivity index (χ2n) is 4.65. The van der Waals surface area contributed by atoms with Crippen LogP contribution in [0.15, 0.2) is 18.2 Å². The minimum Gasteiger partial charge on any atom is -0.491 e. The van der Waals surface area contributed by atoms with Gasteiger partial charge < -0.3 is 25.8 Å². The van der Waals surface area contributed by atoms with E-state index in [1.54, 1.807) is 19.2 Å². The molecule has 0 bridgehead atoms. The first-order valence-electron chi connectivity index (χ1n) is 6.58. The summed E-state index contributed by atoms with van der Waals surface area (Å²) in [5, 5.41) is 5.74. The molecule has 0 unspecified atom stereocenters. The van der Waals surface area contributed by atoms with Gasteiger partial charge in [-0.25, -0.2) is 0 Å². The predicted octanol–water partition coefficient (Wildman–Crippen LogP) is 1.23. The number of amides is 1. The van der Waals surface area contributed by atoms with Crippen molar-refractivity contribution in [2.45, 2.75) is 20.0 Å². The van der Waals surface area contributed by atoms with Crippen LogP contribution in [-0.2, 0) is 9.53 Å². The lowest BCUT2D eigenvalue weighted by atomic mass is 10.2. The number of ether oxygens (including phenoxy) is 2. The van der Waals surface area contributed by atoms with Crippen LogP contribution in [0.3, 0.4) is 0 Å². The average Bonchev–Trinajstić information content (AvgIpc) is 2.35. The number of nitrogens with two attached hydrogens (primary N) is 1. The van der Waals surface area contributed by atoms with Gasteiger partial charge in [-0.15, -0.1) is 0 Å². The number of hydrogen-bond donors (Lipinski definition) is 3. The van der Waals surface area contributed by atoms with Gasteiger partial charge in [0, 0.05) is 37.2 Å². The first-order chi connectivity index (χ1) is 9.51. The van der Waals surface area contributed by atoms with E-state index in [0.717, 1.165) is 5.69 Å². The van der Waals surface area contributed by atoms with Crippen LogP contribution in [0, 0.1) is 0 Å². The van der Waals surface area contributed by atoms with Gasteiger partial charge in [0.25, 0.3) is 0 Å². The maximum absolute atomic E-state index is 11.5. The average molecular weight is 281 g/mol. The summed E-state index contributed by atoms with van der Waals surface area (Å²) >= 11 is 0. The molecule has 0 heterocycles. The molecule has 1 aromatic carbocycles. The Morgan fingerprint density at radius 3 is 2.75 bits per heavy atom.